The van der Waals surface area contributed by atoms with Gasteiger partial charge in [0.2, 0.25) is 5.95 Å². The van der Waals surface area contributed by atoms with Gasteiger partial charge in [0, 0.05) is 36.8 Å². The van der Waals surface area contributed by atoms with Gasteiger partial charge in [-0.15, -0.1) is 0 Å². The van der Waals surface area contributed by atoms with Crippen LogP contribution in [0, 0.1) is 0 Å². The van der Waals surface area contributed by atoms with Crippen LogP contribution in [0.5, 0.6) is 0 Å². The number of aryl methyl sites for hydroxylation is 1. The average molecular weight is 528 g/mol. The molecule has 1 aromatic heterocycles. The Balaban J connectivity index is 1.31. The fourth-order valence-corrected chi connectivity index (χ4v) is 5.75. The first kappa shape index (κ1) is 24.6. The van der Waals surface area contributed by atoms with Crippen molar-refractivity contribution in [3.05, 3.63) is 38.5 Å². The third-order valence-corrected chi connectivity index (χ3v) is 7.26. The predicted octanol–water partition coefficient (Wildman–Crippen LogP) is 6.09. The summed E-state index contributed by atoms with van der Waals surface area (Å²) in [6.07, 6.45) is 8.54. The minimum atomic E-state index is 0.287. The maximum absolute atomic E-state index is 6.25. The predicted molar refractivity (Wildman–Crippen MR) is 143 cm³/mol. The highest BCUT2D eigenvalue weighted by molar-refractivity contribution is 7.80. The molecule has 1 heterocycles. The highest BCUT2D eigenvalue weighted by Gasteiger charge is 2.24. The van der Waals surface area contributed by atoms with Crippen molar-refractivity contribution in [1.82, 2.24) is 15.3 Å². The zero-order chi connectivity index (χ0) is 23.5. The van der Waals surface area contributed by atoms with E-state index in [2.05, 4.69) is 34.9 Å². The van der Waals surface area contributed by atoms with Crippen molar-refractivity contribution in [2.45, 2.75) is 63.5 Å². The van der Waals surface area contributed by atoms with E-state index in [1.54, 1.807) is 12.1 Å². The molecule has 2 aliphatic carbocycles. The van der Waals surface area contributed by atoms with Crippen molar-refractivity contribution in [1.29, 1.82) is 0 Å². The summed E-state index contributed by atoms with van der Waals surface area (Å²) >= 11 is 24.0. The molecule has 0 spiro atoms. The summed E-state index contributed by atoms with van der Waals surface area (Å²) in [5.74, 6) is 1.80. The second-order valence-corrected chi connectivity index (χ2v) is 10.6. The lowest BCUT2D eigenvalue weighted by Crippen LogP contribution is -2.42. The third kappa shape index (κ3) is 6.13. The van der Waals surface area contributed by atoms with Gasteiger partial charge >= 0.3 is 0 Å². The highest BCUT2D eigenvalue weighted by Crippen LogP contribution is 2.34. The Bertz CT molecular complexity index is 1000. The number of aromatic nitrogens is 2. The molecule has 0 bridgehead atoms. The molecule has 1 aromatic carbocycles. The van der Waals surface area contributed by atoms with Crippen molar-refractivity contribution >= 4 is 69.6 Å². The fraction of sp³-hybridized carbons (Fsp3) is 0.522. The van der Waals surface area contributed by atoms with Crippen molar-refractivity contribution in [3.8, 4) is 0 Å². The Morgan fingerprint density at radius 3 is 2.27 bits per heavy atom. The maximum Gasteiger partial charge on any atom is 0.225 e. The molecule has 0 unspecified atom stereocenters. The Morgan fingerprint density at radius 1 is 0.970 bits per heavy atom. The lowest BCUT2D eigenvalue weighted by Gasteiger charge is -2.31. The van der Waals surface area contributed by atoms with Gasteiger partial charge in [-0.1, -0.05) is 34.8 Å². The SMILES string of the molecule is CN(C)c1nc(N[C@H]2CC[C@@H](NC(=S)Nc3c(Cl)cc(Cl)cc3Cl)CC2)nc2c1CCCC2. The van der Waals surface area contributed by atoms with E-state index in [1.807, 2.05) is 0 Å². The van der Waals surface area contributed by atoms with Crippen LogP contribution in [0.3, 0.4) is 0 Å². The van der Waals surface area contributed by atoms with Crippen LogP contribution < -0.4 is 20.9 Å². The molecule has 6 nitrogen and oxygen atoms in total. The highest BCUT2D eigenvalue weighted by atomic mass is 35.5. The van der Waals surface area contributed by atoms with E-state index in [-0.39, 0.29) is 6.04 Å². The lowest BCUT2D eigenvalue weighted by atomic mass is 9.91. The molecule has 0 saturated heterocycles. The molecule has 10 heteroatoms. The van der Waals surface area contributed by atoms with Crippen molar-refractivity contribution in [2.75, 3.05) is 29.6 Å². The van der Waals surface area contributed by atoms with Crippen LogP contribution in [0.2, 0.25) is 15.1 Å². The Labute approximate surface area is 215 Å². The summed E-state index contributed by atoms with van der Waals surface area (Å²) < 4.78 is 0. The quantitative estimate of drug-likeness (QED) is 0.407. The van der Waals surface area contributed by atoms with Gasteiger partial charge in [0.1, 0.15) is 5.82 Å². The Morgan fingerprint density at radius 2 is 1.61 bits per heavy atom. The van der Waals surface area contributed by atoms with Crippen LogP contribution in [0.4, 0.5) is 17.5 Å². The Hall–Kier alpha value is -1.54. The molecule has 178 valence electrons. The van der Waals surface area contributed by atoms with Gasteiger partial charge in [0.25, 0.3) is 0 Å². The van der Waals surface area contributed by atoms with E-state index in [0.717, 1.165) is 50.3 Å². The second kappa shape index (κ2) is 10.8. The van der Waals surface area contributed by atoms with Gasteiger partial charge in [-0.05, 0) is 75.7 Å². The van der Waals surface area contributed by atoms with Crippen LogP contribution in [0.15, 0.2) is 12.1 Å². The van der Waals surface area contributed by atoms with Gasteiger partial charge in [-0.3, -0.25) is 0 Å². The number of thiocarbonyl (C=S) groups is 1. The summed E-state index contributed by atoms with van der Waals surface area (Å²) in [4.78, 5) is 11.8. The summed E-state index contributed by atoms with van der Waals surface area (Å²) in [6.45, 7) is 0. The molecule has 1 saturated carbocycles. The zero-order valence-electron chi connectivity index (χ0n) is 18.9. The molecular formula is C23H29Cl3N6S. The van der Waals surface area contributed by atoms with Gasteiger partial charge in [-0.25, -0.2) is 4.98 Å². The fourth-order valence-electron chi connectivity index (χ4n) is 4.57. The zero-order valence-corrected chi connectivity index (χ0v) is 21.9. The maximum atomic E-state index is 6.25. The molecule has 4 rings (SSSR count). The standard InChI is InChI=1S/C23H29Cl3N6S/c1-32(2)21-16-5-3-4-6-19(16)29-22(31-21)27-14-7-9-15(10-8-14)28-23(33)30-20-17(25)11-13(24)12-18(20)26/h11-12,14-15H,3-10H2,1-2H3,(H,27,29,31)(H2,28,30,33)/t14-,15+. The summed E-state index contributed by atoms with van der Waals surface area (Å²) in [6, 6.07) is 3.92. The van der Waals surface area contributed by atoms with E-state index in [1.165, 1.54) is 24.1 Å². The molecule has 2 aromatic rings. The number of nitrogens with zero attached hydrogens (tertiary/aromatic N) is 3. The number of benzene rings is 1. The van der Waals surface area contributed by atoms with Crippen molar-refractivity contribution < 1.29 is 0 Å². The first-order valence-electron chi connectivity index (χ1n) is 11.4. The molecule has 1 fully saturated rings. The summed E-state index contributed by atoms with van der Waals surface area (Å²) in [5, 5.41) is 12.0. The van der Waals surface area contributed by atoms with Crippen molar-refractivity contribution in [3.63, 3.8) is 0 Å². The number of hydrogen-bond donors (Lipinski definition) is 3. The molecule has 0 radical (unpaired) electrons. The van der Waals surface area contributed by atoms with Gasteiger partial charge < -0.3 is 20.9 Å². The smallest absolute Gasteiger partial charge is 0.225 e. The number of hydrogen-bond acceptors (Lipinski definition) is 5. The topological polar surface area (TPSA) is 65.1 Å². The Kier molecular flexibility index (Phi) is 8.05. The number of nitrogens with one attached hydrogen (secondary N) is 3. The number of anilines is 3. The van der Waals surface area contributed by atoms with Crippen LogP contribution in [-0.4, -0.2) is 41.3 Å². The van der Waals surface area contributed by atoms with E-state index in [0.29, 0.717) is 31.9 Å². The van der Waals surface area contributed by atoms with Crippen LogP contribution in [0.25, 0.3) is 0 Å². The van der Waals surface area contributed by atoms with Gasteiger partial charge in [0.15, 0.2) is 5.11 Å². The van der Waals surface area contributed by atoms with Gasteiger partial charge in [0.05, 0.1) is 21.4 Å². The van der Waals surface area contributed by atoms with E-state index < -0.39 is 0 Å². The molecule has 0 atom stereocenters. The molecule has 0 amide bonds. The van der Waals surface area contributed by atoms with Crippen LogP contribution in [-0.2, 0) is 12.8 Å². The first-order chi connectivity index (χ1) is 15.8. The number of rotatable bonds is 5. The van der Waals surface area contributed by atoms with E-state index >= 15 is 0 Å². The monoisotopic (exact) mass is 526 g/mol. The molecule has 0 aliphatic heterocycles. The molecule has 33 heavy (non-hydrogen) atoms. The largest absolute Gasteiger partial charge is 0.362 e. The summed E-state index contributed by atoms with van der Waals surface area (Å²) in [5.41, 5.74) is 3.08. The lowest BCUT2D eigenvalue weighted by molar-refractivity contribution is 0.387. The van der Waals surface area contributed by atoms with Gasteiger partial charge in [-0.2, -0.15) is 4.98 Å². The van der Waals surface area contributed by atoms with E-state index in [4.69, 9.17) is 57.0 Å². The summed E-state index contributed by atoms with van der Waals surface area (Å²) in [7, 11) is 4.11. The number of halogens is 3. The molecule has 3 N–H and O–H groups in total. The average Bonchev–Trinajstić information content (AvgIpc) is 2.77. The van der Waals surface area contributed by atoms with Crippen LogP contribution >= 0.6 is 47.0 Å². The van der Waals surface area contributed by atoms with Crippen LogP contribution in [0.1, 0.15) is 49.8 Å². The minimum Gasteiger partial charge on any atom is -0.362 e. The molecular weight excluding hydrogens is 499 g/mol. The van der Waals surface area contributed by atoms with Crippen molar-refractivity contribution in [2.24, 2.45) is 0 Å². The molecule has 2 aliphatic rings. The minimum absolute atomic E-state index is 0.287. The first-order valence-corrected chi connectivity index (χ1v) is 12.9. The number of fused-ring (bicyclic) bond motifs is 1. The second-order valence-electron chi connectivity index (χ2n) is 8.93. The van der Waals surface area contributed by atoms with E-state index in [9.17, 15) is 0 Å². The third-order valence-electron chi connectivity index (χ3n) is 6.23. The normalized spacial score (nSPS) is 20.0.